The van der Waals surface area contributed by atoms with E-state index in [0.29, 0.717) is 18.5 Å². The first-order chi connectivity index (χ1) is 8.65. The van der Waals surface area contributed by atoms with Crippen molar-refractivity contribution < 1.29 is 4.79 Å². The summed E-state index contributed by atoms with van der Waals surface area (Å²) in [7, 11) is 1.82. The van der Waals surface area contributed by atoms with E-state index in [2.05, 4.69) is 31.3 Å². The summed E-state index contributed by atoms with van der Waals surface area (Å²) in [6.07, 6.45) is 2.27. The van der Waals surface area contributed by atoms with E-state index in [0.717, 1.165) is 10.3 Å². The number of aryl methyl sites for hydroxylation is 1. The third-order valence-electron chi connectivity index (χ3n) is 2.37. The van der Waals surface area contributed by atoms with Crippen LogP contribution >= 0.6 is 15.9 Å². The molecule has 0 spiro atoms. The zero-order valence-electron chi connectivity index (χ0n) is 9.93. The van der Waals surface area contributed by atoms with Gasteiger partial charge >= 0.3 is 0 Å². The third kappa shape index (κ3) is 3.40. The van der Waals surface area contributed by atoms with Crippen LogP contribution in [0.5, 0.6) is 0 Å². The van der Waals surface area contributed by atoms with Crippen LogP contribution in [0, 0.1) is 0 Å². The van der Waals surface area contributed by atoms with Crippen molar-refractivity contribution in [1.29, 1.82) is 0 Å². The van der Waals surface area contributed by atoms with Crippen LogP contribution in [0.15, 0.2) is 35.1 Å². The van der Waals surface area contributed by atoms with Gasteiger partial charge in [0.1, 0.15) is 6.33 Å². The van der Waals surface area contributed by atoms with Crippen molar-refractivity contribution in [3.05, 3.63) is 46.5 Å². The molecule has 0 aliphatic carbocycles. The van der Waals surface area contributed by atoms with Crippen molar-refractivity contribution in [3.8, 4) is 0 Å². The molecule has 0 radical (unpaired) electrons. The van der Waals surface area contributed by atoms with Crippen LogP contribution in [-0.4, -0.2) is 27.2 Å². The highest BCUT2D eigenvalue weighted by Gasteiger charge is 2.05. The summed E-state index contributed by atoms with van der Waals surface area (Å²) in [6.45, 7) is 0.523. The number of benzene rings is 1. The lowest BCUT2D eigenvalue weighted by Gasteiger charge is -2.03. The number of nitrogens with zero attached hydrogens (tertiary/aromatic N) is 3. The van der Waals surface area contributed by atoms with Gasteiger partial charge in [0, 0.05) is 30.0 Å². The summed E-state index contributed by atoms with van der Waals surface area (Å²) < 4.78 is 2.53. The molecule has 1 aromatic carbocycles. The first-order valence-electron chi connectivity index (χ1n) is 5.53. The quantitative estimate of drug-likeness (QED) is 0.932. The summed E-state index contributed by atoms with van der Waals surface area (Å²) in [5.41, 5.74) is 0.637. The van der Waals surface area contributed by atoms with Gasteiger partial charge in [-0.25, -0.2) is 4.98 Å². The standard InChI is InChI=1S/C12H13BrN4O/c1-17-8-15-11(16-17)5-6-14-12(18)9-3-2-4-10(13)7-9/h2-4,7-8H,5-6H2,1H3,(H,14,18). The fraction of sp³-hybridized carbons (Fsp3) is 0.250. The zero-order valence-corrected chi connectivity index (χ0v) is 11.5. The van der Waals surface area contributed by atoms with Crippen molar-refractivity contribution in [2.45, 2.75) is 6.42 Å². The molecule has 2 rings (SSSR count). The number of hydrogen-bond acceptors (Lipinski definition) is 3. The van der Waals surface area contributed by atoms with Gasteiger partial charge in [0.2, 0.25) is 0 Å². The smallest absolute Gasteiger partial charge is 0.251 e. The Morgan fingerprint density at radius 3 is 3.00 bits per heavy atom. The van der Waals surface area contributed by atoms with Crippen LogP contribution in [0.3, 0.4) is 0 Å². The summed E-state index contributed by atoms with van der Waals surface area (Å²) >= 11 is 3.34. The number of carbonyl (C=O) groups is 1. The molecule has 94 valence electrons. The lowest BCUT2D eigenvalue weighted by atomic mass is 10.2. The normalized spacial score (nSPS) is 10.3. The monoisotopic (exact) mass is 308 g/mol. The van der Waals surface area contributed by atoms with E-state index in [4.69, 9.17) is 0 Å². The Labute approximate surface area is 113 Å². The highest BCUT2D eigenvalue weighted by atomic mass is 79.9. The summed E-state index contributed by atoms with van der Waals surface area (Å²) in [5.74, 6) is 0.638. The van der Waals surface area contributed by atoms with Crippen LogP contribution in [0.1, 0.15) is 16.2 Å². The van der Waals surface area contributed by atoms with Gasteiger partial charge in [0.25, 0.3) is 5.91 Å². The number of carbonyl (C=O) groups excluding carboxylic acids is 1. The fourth-order valence-corrected chi connectivity index (χ4v) is 1.92. The van der Waals surface area contributed by atoms with Gasteiger partial charge in [-0.05, 0) is 18.2 Å². The Kier molecular flexibility index (Phi) is 4.09. The SMILES string of the molecule is Cn1cnc(CCNC(=O)c2cccc(Br)c2)n1. The van der Waals surface area contributed by atoms with E-state index in [1.54, 1.807) is 23.1 Å². The molecule has 0 saturated carbocycles. The molecule has 0 fully saturated rings. The second kappa shape index (κ2) is 5.77. The molecular formula is C12H13BrN4O. The molecule has 0 unspecified atom stereocenters. The van der Waals surface area contributed by atoms with Gasteiger partial charge in [-0.2, -0.15) is 5.10 Å². The molecule has 2 aromatic rings. The number of rotatable bonds is 4. The maximum atomic E-state index is 11.8. The van der Waals surface area contributed by atoms with Gasteiger partial charge in [0.05, 0.1) is 0 Å². The van der Waals surface area contributed by atoms with Crippen LogP contribution in [0.25, 0.3) is 0 Å². The minimum absolute atomic E-state index is 0.0905. The largest absolute Gasteiger partial charge is 0.352 e. The molecule has 0 saturated heterocycles. The Morgan fingerprint density at radius 2 is 2.33 bits per heavy atom. The molecule has 1 aromatic heterocycles. The van der Waals surface area contributed by atoms with Gasteiger partial charge in [-0.3, -0.25) is 9.48 Å². The highest BCUT2D eigenvalue weighted by molar-refractivity contribution is 9.10. The average Bonchev–Trinajstić information content (AvgIpc) is 2.75. The molecule has 0 aliphatic heterocycles. The molecule has 1 heterocycles. The predicted molar refractivity (Wildman–Crippen MR) is 71.2 cm³/mol. The second-order valence-corrected chi connectivity index (χ2v) is 4.77. The lowest BCUT2D eigenvalue weighted by molar-refractivity contribution is 0.0954. The fourth-order valence-electron chi connectivity index (χ4n) is 1.52. The Hall–Kier alpha value is -1.69. The average molecular weight is 309 g/mol. The summed E-state index contributed by atoms with van der Waals surface area (Å²) in [6, 6.07) is 7.28. The Morgan fingerprint density at radius 1 is 1.50 bits per heavy atom. The van der Waals surface area contributed by atoms with Crippen LogP contribution in [0.4, 0.5) is 0 Å². The minimum atomic E-state index is -0.0905. The van der Waals surface area contributed by atoms with Crippen LogP contribution in [0.2, 0.25) is 0 Å². The van der Waals surface area contributed by atoms with Crippen molar-refractivity contribution >= 4 is 21.8 Å². The number of halogens is 1. The van der Waals surface area contributed by atoms with Gasteiger partial charge in [-0.1, -0.05) is 22.0 Å². The molecule has 6 heteroatoms. The number of amides is 1. The maximum Gasteiger partial charge on any atom is 0.251 e. The van der Waals surface area contributed by atoms with Gasteiger partial charge < -0.3 is 5.32 Å². The summed E-state index contributed by atoms with van der Waals surface area (Å²) in [4.78, 5) is 15.9. The van der Waals surface area contributed by atoms with Crippen LogP contribution in [-0.2, 0) is 13.5 Å². The molecule has 0 bridgehead atoms. The van der Waals surface area contributed by atoms with E-state index in [-0.39, 0.29) is 5.91 Å². The van der Waals surface area contributed by atoms with E-state index in [1.807, 2.05) is 19.2 Å². The number of hydrogen-bond donors (Lipinski definition) is 1. The van der Waals surface area contributed by atoms with E-state index in [9.17, 15) is 4.79 Å². The van der Waals surface area contributed by atoms with Gasteiger partial charge in [-0.15, -0.1) is 0 Å². The van der Waals surface area contributed by atoms with E-state index < -0.39 is 0 Å². The first kappa shape index (κ1) is 12.8. The second-order valence-electron chi connectivity index (χ2n) is 3.85. The zero-order chi connectivity index (χ0) is 13.0. The van der Waals surface area contributed by atoms with E-state index >= 15 is 0 Å². The molecule has 0 atom stereocenters. The molecule has 1 amide bonds. The van der Waals surface area contributed by atoms with E-state index in [1.165, 1.54) is 0 Å². The number of aromatic nitrogens is 3. The van der Waals surface area contributed by atoms with Gasteiger partial charge in [0.15, 0.2) is 5.82 Å². The van der Waals surface area contributed by atoms with Crippen molar-refractivity contribution in [2.24, 2.45) is 7.05 Å². The topological polar surface area (TPSA) is 59.8 Å². The summed E-state index contributed by atoms with van der Waals surface area (Å²) in [5, 5.41) is 6.98. The molecule has 0 aliphatic rings. The predicted octanol–water partition coefficient (Wildman–Crippen LogP) is 1.55. The van der Waals surface area contributed by atoms with Crippen LogP contribution < -0.4 is 5.32 Å². The Balaban J connectivity index is 1.85. The van der Waals surface area contributed by atoms with Crippen molar-refractivity contribution in [3.63, 3.8) is 0 Å². The maximum absolute atomic E-state index is 11.8. The third-order valence-corrected chi connectivity index (χ3v) is 2.86. The molecule has 18 heavy (non-hydrogen) atoms. The molecular weight excluding hydrogens is 296 g/mol. The molecule has 1 N–H and O–H groups in total. The minimum Gasteiger partial charge on any atom is -0.352 e. The molecule has 5 nitrogen and oxygen atoms in total. The first-order valence-corrected chi connectivity index (χ1v) is 6.33. The Bertz CT molecular complexity index is 553. The van der Waals surface area contributed by atoms with Crippen molar-refractivity contribution in [2.75, 3.05) is 6.54 Å². The van der Waals surface area contributed by atoms with Crippen molar-refractivity contribution in [1.82, 2.24) is 20.1 Å². The highest BCUT2D eigenvalue weighted by Crippen LogP contribution is 2.11. The lowest BCUT2D eigenvalue weighted by Crippen LogP contribution is -2.25. The number of nitrogens with one attached hydrogen (secondary N) is 1.